The average Bonchev–Trinajstić information content (AvgIpc) is 1.86. The van der Waals surface area contributed by atoms with Gasteiger partial charge in [-0.1, -0.05) is 11.6 Å². The van der Waals surface area contributed by atoms with Crippen LogP contribution >= 0.6 is 13.5 Å². The van der Waals surface area contributed by atoms with Gasteiger partial charge in [-0.3, -0.25) is 0 Å². The van der Waals surface area contributed by atoms with E-state index in [9.17, 15) is 5.11 Å². The maximum absolute atomic E-state index is 9.70. The normalized spacial score (nSPS) is 24.3. The zero-order valence-corrected chi connectivity index (χ0v) is 9.22. The molecule has 0 saturated heterocycles. The largest absolute Gasteiger partial charge is 0.390 e. The Morgan fingerprint density at radius 1 is 1.50 bits per heavy atom. The van der Waals surface area contributed by atoms with Crippen LogP contribution in [0.4, 0.5) is 0 Å². The van der Waals surface area contributed by atoms with Gasteiger partial charge in [-0.2, -0.15) is 13.5 Å². The van der Waals surface area contributed by atoms with Crippen molar-refractivity contribution >= 4 is 13.5 Å². The summed E-state index contributed by atoms with van der Waals surface area (Å²) in [4.78, 5) is 0. The van der Waals surface area contributed by atoms with E-state index in [0.29, 0.717) is 5.92 Å². The predicted molar refractivity (Wildman–Crippen MR) is 57.8 cm³/mol. The Balaban J connectivity index is 0.00000121. The molecule has 0 aromatic heterocycles. The molecule has 0 fully saturated rings. The number of hydrogen-bond donors (Lipinski definition) is 1. The van der Waals surface area contributed by atoms with E-state index in [1.54, 1.807) is 0 Å². The third kappa shape index (κ3) is 3.20. The molecule has 1 atom stereocenters. The second-order valence-electron chi connectivity index (χ2n) is 4.18. The summed E-state index contributed by atoms with van der Waals surface area (Å²) < 4.78 is 0. The molecule has 0 saturated carbocycles. The monoisotopic (exact) mass is 188 g/mol. The Labute approximate surface area is 82.3 Å². The molecule has 1 N–H and O–H groups in total. The predicted octanol–water partition coefficient (Wildman–Crippen LogP) is 2.62. The van der Waals surface area contributed by atoms with Crippen LogP contribution < -0.4 is 0 Å². The highest BCUT2D eigenvalue weighted by Gasteiger charge is 2.27. The first-order chi connectivity index (χ1) is 5.00. The standard InChI is InChI=1S/C10H18O.H2S/c1-8-4-6-9(7-5-8)10(2,3)11;/h4,9,11H,5-7H2,1-3H3;1H2. The van der Waals surface area contributed by atoms with Crippen LogP contribution in [-0.2, 0) is 0 Å². The van der Waals surface area contributed by atoms with Crippen LogP contribution in [0.5, 0.6) is 0 Å². The molecule has 0 aromatic carbocycles. The fourth-order valence-electron chi connectivity index (χ4n) is 1.61. The molecule has 0 bridgehead atoms. The summed E-state index contributed by atoms with van der Waals surface area (Å²) in [5.41, 5.74) is 0.988. The molecule has 0 heterocycles. The molecule has 12 heavy (non-hydrogen) atoms. The van der Waals surface area contributed by atoms with Crippen LogP contribution in [0.2, 0.25) is 0 Å². The van der Waals surface area contributed by atoms with Gasteiger partial charge >= 0.3 is 0 Å². The van der Waals surface area contributed by atoms with Crippen molar-refractivity contribution in [2.75, 3.05) is 0 Å². The lowest BCUT2D eigenvalue weighted by molar-refractivity contribution is 0.0126. The summed E-state index contributed by atoms with van der Waals surface area (Å²) in [5.74, 6) is 0.464. The van der Waals surface area contributed by atoms with E-state index in [4.69, 9.17) is 0 Å². The number of allylic oxidation sites excluding steroid dienone is 2. The Hall–Kier alpha value is 0.0500. The fraction of sp³-hybridized carbons (Fsp3) is 0.800. The van der Waals surface area contributed by atoms with Gasteiger partial charge in [-0.05, 0) is 46.0 Å². The van der Waals surface area contributed by atoms with E-state index in [1.165, 1.54) is 5.57 Å². The first-order valence-corrected chi connectivity index (χ1v) is 4.38. The van der Waals surface area contributed by atoms with E-state index in [1.807, 2.05) is 13.8 Å². The average molecular weight is 188 g/mol. The van der Waals surface area contributed by atoms with Crippen LogP contribution in [0.1, 0.15) is 40.0 Å². The van der Waals surface area contributed by atoms with Crippen molar-refractivity contribution in [3.8, 4) is 0 Å². The van der Waals surface area contributed by atoms with Crippen molar-refractivity contribution < 1.29 is 5.11 Å². The highest BCUT2D eigenvalue weighted by Crippen LogP contribution is 2.31. The Kier molecular flexibility index (Phi) is 4.35. The summed E-state index contributed by atoms with van der Waals surface area (Å²) in [5, 5.41) is 9.70. The molecule has 1 nitrogen and oxygen atoms in total. The Bertz CT molecular complexity index is 167. The molecule has 0 amide bonds. The lowest BCUT2D eigenvalue weighted by atomic mass is 9.80. The summed E-state index contributed by atoms with van der Waals surface area (Å²) in [7, 11) is 0. The molecule has 0 radical (unpaired) electrons. The van der Waals surface area contributed by atoms with Crippen LogP contribution in [0.15, 0.2) is 11.6 Å². The van der Waals surface area contributed by atoms with E-state index in [2.05, 4.69) is 13.0 Å². The highest BCUT2D eigenvalue weighted by molar-refractivity contribution is 7.59. The van der Waals surface area contributed by atoms with Crippen molar-refractivity contribution in [1.82, 2.24) is 0 Å². The zero-order chi connectivity index (χ0) is 8.48. The molecule has 0 spiro atoms. The first-order valence-electron chi connectivity index (χ1n) is 4.38. The second kappa shape index (κ2) is 4.33. The summed E-state index contributed by atoms with van der Waals surface area (Å²) in [6, 6.07) is 0. The Morgan fingerprint density at radius 2 is 2.08 bits per heavy atom. The van der Waals surface area contributed by atoms with Crippen molar-refractivity contribution in [2.24, 2.45) is 5.92 Å². The van der Waals surface area contributed by atoms with E-state index in [0.717, 1.165) is 19.3 Å². The van der Waals surface area contributed by atoms with Crippen molar-refractivity contribution in [3.63, 3.8) is 0 Å². The number of aliphatic hydroxyl groups is 1. The fourth-order valence-corrected chi connectivity index (χ4v) is 1.61. The topological polar surface area (TPSA) is 20.2 Å². The van der Waals surface area contributed by atoms with Crippen molar-refractivity contribution in [3.05, 3.63) is 11.6 Å². The van der Waals surface area contributed by atoms with Gasteiger partial charge in [0, 0.05) is 0 Å². The second-order valence-corrected chi connectivity index (χ2v) is 4.18. The molecule has 1 rings (SSSR count). The summed E-state index contributed by atoms with van der Waals surface area (Å²) in [6.45, 7) is 5.99. The van der Waals surface area contributed by atoms with Crippen molar-refractivity contribution in [2.45, 2.75) is 45.6 Å². The van der Waals surface area contributed by atoms with Gasteiger partial charge in [0.05, 0.1) is 5.60 Å². The zero-order valence-electron chi connectivity index (χ0n) is 8.22. The van der Waals surface area contributed by atoms with Crippen molar-refractivity contribution in [1.29, 1.82) is 0 Å². The van der Waals surface area contributed by atoms with Gasteiger partial charge < -0.3 is 5.11 Å². The van der Waals surface area contributed by atoms with E-state index < -0.39 is 5.60 Å². The van der Waals surface area contributed by atoms with E-state index >= 15 is 0 Å². The number of hydrogen-bond acceptors (Lipinski definition) is 1. The quantitative estimate of drug-likeness (QED) is 0.627. The Morgan fingerprint density at radius 3 is 2.42 bits per heavy atom. The minimum absolute atomic E-state index is 0. The molecule has 0 aromatic rings. The molecule has 2 heteroatoms. The molecular formula is C10H20OS. The minimum Gasteiger partial charge on any atom is -0.390 e. The smallest absolute Gasteiger partial charge is 0.0622 e. The third-order valence-corrected chi connectivity index (χ3v) is 2.64. The van der Waals surface area contributed by atoms with Crippen LogP contribution in [0.25, 0.3) is 0 Å². The first kappa shape index (κ1) is 12.0. The number of rotatable bonds is 1. The van der Waals surface area contributed by atoms with Gasteiger partial charge in [0.1, 0.15) is 0 Å². The third-order valence-electron chi connectivity index (χ3n) is 2.64. The van der Waals surface area contributed by atoms with Gasteiger partial charge in [0.2, 0.25) is 0 Å². The molecule has 0 aliphatic heterocycles. The molecule has 1 aliphatic carbocycles. The van der Waals surface area contributed by atoms with E-state index in [-0.39, 0.29) is 13.5 Å². The van der Waals surface area contributed by atoms with Gasteiger partial charge in [0.15, 0.2) is 0 Å². The molecular weight excluding hydrogens is 168 g/mol. The van der Waals surface area contributed by atoms with Crippen LogP contribution in [0.3, 0.4) is 0 Å². The molecule has 72 valence electrons. The molecule has 1 aliphatic rings. The lowest BCUT2D eigenvalue weighted by Gasteiger charge is -2.31. The van der Waals surface area contributed by atoms with Gasteiger partial charge in [0.25, 0.3) is 0 Å². The maximum atomic E-state index is 9.70. The lowest BCUT2D eigenvalue weighted by Crippen LogP contribution is -2.31. The maximum Gasteiger partial charge on any atom is 0.0622 e. The highest BCUT2D eigenvalue weighted by atomic mass is 32.1. The molecule has 1 unspecified atom stereocenters. The van der Waals surface area contributed by atoms with Gasteiger partial charge in [-0.25, -0.2) is 0 Å². The summed E-state index contributed by atoms with van der Waals surface area (Å²) >= 11 is 0. The minimum atomic E-state index is -0.489. The SMILES string of the molecule is CC1=CCC(C(C)(C)O)CC1.S. The van der Waals surface area contributed by atoms with Crippen LogP contribution in [0, 0.1) is 5.92 Å². The summed E-state index contributed by atoms with van der Waals surface area (Å²) in [6.07, 6.45) is 5.61. The van der Waals surface area contributed by atoms with Crippen LogP contribution in [-0.4, -0.2) is 10.7 Å². The van der Waals surface area contributed by atoms with Gasteiger partial charge in [-0.15, -0.1) is 0 Å².